The molecule has 0 amide bonds. The number of carbonyl (C=O) groups is 1. The molecule has 1 aromatic carbocycles. The van der Waals surface area contributed by atoms with Crippen molar-refractivity contribution < 1.29 is 17.9 Å². The van der Waals surface area contributed by atoms with Crippen molar-refractivity contribution in [3.8, 4) is 0 Å². The highest BCUT2D eigenvalue weighted by atomic mass is 35.5. The molecule has 8 heteroatoms. The Balaban J connectivity index is 2.69. The Labute approximate surface area is 121 Å². The summed E-state index contributed by atoms with van der Waals surface area (Å²) in [5.74, 6) is -0.394. The van der Waals surface area contributed by atoms with Gasteiger partial charge < -0.3 is 4.74 Å². The molecule has 0 aliphatic heterocycles. The molecule has 1 rings (SSSR count). The molecular weight excluding hydrogens is 313 g/mol. The molecule has 1 N–H and O–H groups in total. The topological polar surface area (TPSA) is 72.5 Å². The lowest BCUT2D eigenvalue weighted by Crippen LogP contribution is -2.26. The first-order valence-corrected chi connectivity index (χ1v) is 7.63. The second-order valence-corrected chi connectivity index (χ2v) is 6.15. The van der Waals surface area contributed by atoms with Crippen LogP contribution in [0.5, 0.6) is 0 Å². The summed E-state index contributed by atoms with van der Waals surface area (Å²) >= 11 is 11.6. The van der Waals surface area contributed by atoms with Gasteiger partial charge in [-0.3, -0.25) is 4.79 Å². The minimum atomic E-state index is -3.79. The van der Waals surface area contributed by atoms with E-state index in [0.29, 0.717) is 6.42 Å². The summed E-state index contributed by atoms with van der Waals surface area (Å²) in [7, 11) is -2.52. The van der Waals surface area contributed by atoms with Crippen LogP contribution in [0.25, 0.3) is 0 Å². The SMILES string of the molecule is COC(=O)CCCNS(=O)(=O)c1c(Cl)cccc1Cl. The lowest BCUT2D eigenvalue weighted by molar-refractivity contribution is -0.140. The van der Waals surface area contributed by atoms with Crippen molar-refractivity contribution in [3.05, 3.63) is 28.2 Å². The van der Waals surface area contributed by atoms with E-state index in [2.05, 4.69) is 9.46 Å². The van der Waals surface area contributed by atoms with Gasteiger partial charge in [0.25, 0.3) is 0 Å². The van der Waals surface area contributed by atoms with E-state index in [4.69, 9.17) is 23.2 Å². The number of hydrogen-bond donors (Lipinski definition) is 1. The fourth-order valence-corrected chi connectivity index (χ4v) is 3.57. The fraction of sp³-hybridized carbons (Fsp3) is 0.364. The first-order chi connectivity index (χ1) is 8.88. The maximum atomic E-state index is 12.0. The average Bonchev–Trinajstić information content (AvgIpc) is 2.33. The van der Waals surface area contributed by atoms with Gasteiger partial charge in [-0.05, 0) is 18.6 Å². The highest BCUT2D eigenvalue weighted by Crippen LogP contribution is 2.28. The number of carbonyl (C=O) groups excluding carboxylic acids is 1. The Hall–Kier alpha value is -0.820. The van der Waals surface area contributed by atoms with Gasteiger partial charge in [0, 0.05) is 13.0 Å². The Kier molecular flexibility index (Phi) is 6.06. The third-order valence-electron chi connectivity index (χ3n) is 2.27. The predicted molar refractivity (Wildman–Crippen MR) is 72.9 cm³/mol. The Bertz CT molecular complexity index is 540. The number of ether oxygens (including phenoxy) is 1. The summed E-state index contributed by atoms with van der Waals surface area (Å²) < 4.78 is 30.8. The molecule has 0 aromatic heterocycles. The van der Waals surface area contributed by atoms with E-state index >= 15 is 0 Å². The van der Waals surface area contributed by atoms with E-state index in [9.17, 15) is 13.2 Å². The maximum absolute atomic E-state index is 12.0. The Morgan fingerprint density at radius 3 is 2.42 bits per heavy atom. The molecule has 0 fully saturated rings. The molecule has 0 atom stereocenters. The van der Waals surface area contributed by atoms with Crippen molar-refractivity contribution in [2.75, 3.05) is 13.7 Å². The van der Waals surface area contributed by atoms with Crippen LogP contribution in [-0.4, -0.2) is 28.0 Å². The first-order valence-electron chi connectivity index (χ1n) is 5.39. The van der Waals surface area contributed by atoms with Crippen LogP contribution in [0.2, 0.25) is 10.0 Å². The minimum Gasteiger partial charge on any atom is -0.469 e. The van der Waals surface area contributed by atoms with Gasteiger partial charge in [0.15, 0.2) is 0 Å². The summed E-state index contributed by atoms with van der Waals surface area (Å²) in [6.07, 6.45) is 0.462. The van der Waals surface area contributed by atoms with Gasteiger partial charge in [-0.25, -0.2) is 13.1 Å². The van der Waals surface area contributed by atoms with Crippen molar-refractivity contribution in [1.82, 2.24) is 4.72 Å². The highest BCUT2D eigenvalue weighted by Gasteiger charge is 2.20. The fourth-order valence-electron chi connectivity index (χ4n) is 1.35. The smallest absolute Gasteiger partial charge is 0.305 e. The van der Waals surface area contributed by atoms with Crippen LogP contribution >= 0.6 is 23.2 Å². The standard InChI is InChI=1S/C11H13Cl2NO4S/c1-18-10(15)6-3-7-14-19(16,17)11-8(12)4-2-5-9(11)13/h2,4-5,14H,3,6-7H2,1H3. The Morgan fingerprint density at radius 2 is 1.89 bits per heavy atom. The molecule has 1 aromatic rings. The van der Waals surface area contributed by atoms with E-state index in [1.54, 1.807) is 6.07 Å². The minimum absolute atomic E-state index is 0.0490. The van der Waals surface area contributed by atoms with E-state index in [1.165, 1.54) is 19.2 Å². The predicted octanol–water partition coefficient (Wildman–Crippen LogP) is 2.22. The summed E-state index contributed by atoms with van der Waals surface area (Å²) in [5, 5.41) is 0.0981. The highest BCUT2D eigenvalue weighted by molar-refractivity contribution is 7.89. The number of halogens is 2. The van der Waals surface area contributed by atoms with Crippen LogP contribution in [0.4, 0.5) is 0 Å². The van der Waals surface area contributed by atoms with Crippen molar-refractivity contribution in [1.29, 1.82) is 0 Å². The molecular formula is C11H13Cl2NO4S. The van der Waals surface area contributed by atoms with E-state index in [1.807, 2.05) is 0 Å². The van der Waals surface area contributed by atoms with Crippen LogP contribution in [-0.2, 0) is 19.6 Å². The summed E-state index contributed by atoms with van der Waals surface area (Å²) in [5.41, 5.74) is 0. The van der Waals surface area contributed by atoms with E-state index in [-0.39, 0.29) is 27.9 Å². The van der Waals surface area contributed by atoms with Crippen molar-refractivity contribution in [3.63, 3.8) is 0 Å². The third-order valence-corrected chi connectivity index (χ3v) is 4.68. The van der Waals surface area contributed by atoms with Gasteiger partial charge in [0.05, 0.1) is 17.2 Å². The summed E-state index contributed by atoms with van der Waals surface area (Å²) in [4.78, 5) is 10.7. The van der Waals surface area contributed by atoms with Crippen LogP contribution in [0.1, 0.15) is 12.8 Å². The zero-order valence-corrected chi connectivity index (χ0v) is 12.5. The molecule has 0 aliphatic rings. The van der Waals surface area contributed by atoms with Gasteiger partial charge in [-0.1, -0.05) is 29.3 Å². The van der Waals surface area contributed by atoms with Crippen LogP contribution in [0, 0.1) is 0 Å². The quantitative estimate of drug-likeness (QED) is 0.643. The maximum Gasteiger partial charge on any atom is 0.305 e. The summed E-state index contributed by atoms with van der Waals surface area (Å²) in [6, 6.07) is 4.44. The normalized spacial score (nSPS) is 11.3. The first kappa shape index (κ1) is 16.2. The van der Waals surface area contributed by atoms with E-state index in [0.717, 1.165) is 0 Å². The number of hydrogen-bond acceptors (Lipinski definition) is 4. The molecule has 0 aliphatic carbocycles. The van der Waals surface area contributed by atoms with Crippen molar-refractivity contribution in [2.45, 2.75) is 17.7 Å². The van der Waals surface area contributed by atoms with Gasteiger partial charge in [0.2, 0.25) is 10.0 Å². The lowest BCUT2D eigenvalue weighted by atomic mass is 10.3. The zero-order valence-electron chi connectivity index (χ0n) is 10.2. The van der Waals surface area contributed by atoms with E-state index < -0.39 is 16.0 Å². The zero-order chi connectivity index (χ0) is 14.5. The van der Waals surface area contributed by atoms with Gasteiger partial charge in [0.1, 0.15) is 4.90 Å². The monoisotopic (exact) mass is 325 g/mol. The van der Waals surface area contributed by atoms with Gasteiger partial charge in [-0.15, -0.1) is 0 Å². The molecule has 106 valence electrons. The Morgan fingerprint density at radius 1 is 1.32 bits per heavy atom. The molecule has 0 spiro atoms. The number of sulfonamides is 1. The molecule has 0 unspecified atom stereocenters. The average molecular weight is 326 g/mol. The summed E-state index contributed by atoms with van der Waals surface area (Å²) in [6.45, 7) is 0.0962. The molecule has 0 bridgehead atoms. The van der Waals surface area contributed by atoms with Crippen LogP contribution in [0.3, 0.4) is 0 Å². The molecule has 0 saturated heterocycles. The number of benzene rings is 1. The molecule has 0 saturated carbocycles. The van der Waals surface area contributed by atoms with Crippen molar-refractivity contribution in [2.24, 2.45) is 0 Å². The number of esters is 1. The third kappa shape index (κ3) is 4.65. The number of nitrogens with one attached hydrogen (secondary N) is 1. The molecule has 0 radical (unpaired) electrons. The molecule has 5 nitrogen and oxygen atoms in total. The molecule has 0 heterocycles. The largest absolute Gasteiger partial charge is 0.469 e. The lowest BCUT2D eigenvalue weighted by Gasteiger charge is -2.09. The second-order valence-electron chi connectivity index (χ2n) is 3.63. The van der Waals surface area contributed by atoms with Crippen LogP contribution in [0.15, 0.2) is 23.1 Å². The number of rotatable bonds is 6. The van der Waals surface area contributed by atoms with Crippen LogP contribution < -0.4 is 4.72 Å². The van der Waals surface area contributed by atoms with Gasteiger partial charge in [-0.2, -0.15) is 0 Å². The van der Waals surface area contributed by atoms with Crippen molar-refractivity contribution >= 4 is 39.2 Å². The second kappa shape index (κ2) is 7.09. The molecule has 19 heavy (non-hydrogen) atoms. The van der Waals surface area contributed by atoms with Gasteiger partial charge >= 0.3 is 5.97 Å². The number of methoxy groups -OCH3 is 1.